The van der Waals surface area contributed by atoms with Crippen LogP contribution in [0.5, 0.6) is 0 Å². The quantitative estimate of drug-likeness (QED) is 0.445. The monoisotopic (exact) mass is 379 g/mol. The number of fused-ring (bicyclic) bond motifs is 1. The number of aromatic nitrogens is 5. The molecule has 5 aromatic rings. The molecule has 2 aromatic heterocycles. The standard InChI is InChI=1S/C24H21N5/c1-18-11-13-20(14-12-18)16-29-26-24(25-27-29)22-17-28(15-19-7-3-2-4-8-19)23-10-6-5-9-21(22)23/h2-14,17H,15-16H2,1H3. The van der Waals surface area contributed by atoms with Crippen molar-refractivity contribution in [1.29, 1.82) is 0 Å². The Kier molecular flexibility index (Phi) is 4.41. The molecule has 0 aliphatic rings. The lowest BCUT2D eigenvalue weighted by Gasteiger charge is -2.05. The zero-order chi connectivity index (χ0) is 19.6. The predicted molar refractivity (Wildman–Crippen MR) is 115 cm³/mol. The van der Waals surface area contributed by atoms with Crippen LogP contribution in [0.4, 0.5) is 0 Å². The van der Waals surface area contributed by atoms with Gasteiger partial charge in [-0.05, 0) is 29.3 Å². The van der Waals surface area contributed by atoms with Crippen molar-refractivity contribution in [3.05, 3.63) is 102 Å². The van der Waals surface area contributed by atoms with Crippen LogP contribution in [0.15, 0.2) is 85.1 Å². The van der Waals surface area contributed by atoms with Gasteiger partial charge in [0.2, 0.25) is 5.82 Å². The van der Waals surface area contributed by atoms with Gasteiger partial charge in [0, 0.05) is 29.2 Å². The first kappa shape index (κ1) is 17.4. The van der Waals surface area contributed by atoms with Gasteiger partial charge in [-0.15, -0.1) is 10.2 Å². The van der Waals surface area contributed by atoms with Gasteiger partial charge in [0.15, 0.2) is 0 Å². The van der Waals surface area contributed by atoms with E-state index in [2.05, 4.69) is 106 Å². The lowest BCUT2D eigenvalue weighted by molar-refractivity contribution is 0.573. The topological polar surface area (TPSA) is 48.5 Å². The van der Waals surface area contributed by atoms with Crippen molar-refractivity contribution in [1.82, 2.24) is 24.8 Å². The number of nitrogens with zero attached hydrogens (tertiary/aromatic N) is 5. The Bertz CT molecular complexity index is 1250. The number of benzene rings is 3. The number of hydrogen-bond acceptors (Lipinski definition) is 3. The second-order valence-electron chi connectivity index (χ2n) is 7.30. The van der Waals surface area contributed by atoms with Crippen molar-refractivity contribution < 1.29 is 0 Å². The first-order valence-corrected chi connectivity index (χ1v) is 9.72. The molecule has 0 unspecified atom stereocenters. The minimum absolute atomic E-state index is 0.607. The van der Waals surface area contributed by atoms with E-state index >= 15 is 0 Å². The van der Waals surface area contributed by atoms with E-state index in [9.17, 15) is 0 Å². The van der Waals surface area contributed by atoms with Crippen LogP contribution >= 0.6 is 0 Å². The second kappa shape index (κ2) is 7.36. The molecule has 3 aromatic carbocycles. The number of rotatable bonds is 5. The van der Waals surface area contributed by atoms with Crippen molar-refractivity contribution in [3.8, 4) is 11.4 Å². The Morgan fingerprint density at radius 1 is 0.759 bits per heavy atom. The fourth-order valence-corrected chi connectivity index (χ4v) is 3.61. The summed E-state index contributed by atoms with van der Waals surface area (Å²) in [5.41, 5.74) is 5.84. The maximum absolute atomic E-state index is 4.65. The number of tetrazole rings is 1. The van der Waals surface area contributed by atoms with Crippen LogP contribution in [0.2, 0.25) is 0 Å². The Labute approximate surface area is 169 Å². The third-order valence-corrected chi connectivity index (χ3v) is 5.12. The molecule has 0 bridgehead atoms. The average Bonchev–Trinajstić information content (AvgIpc) is 3.36. The summed E-state index contributed by atoms with van der Waals surface area (Å²) >= 11 is 0. The molecular weight excluding hydrogens is 358 g/mol. The molecule has 0 saturated heterocycles. The van der Waals surface area contributed by atoms with Gasteiger partial charge < -0.3 is 4.57 Å². The van der Waals surface area contributed by atoms with Crippen molar-refractivity contribution in [2.75, 3.05) is 0 Å². The zero-order valence-electron chi connectivity index (χ0n) is 16.2. The summed E-state index contributed by atoms with van der Waals surface area (Å²) in [6.45, 7) is 3.50. The van der Waals surface area contributed by atoms with Crippen molar-refractivity contribution >= 4 is 10.9 Å². The van der Waals surface area contributed by atoms with Crippen molar-refractivity contribution in [3.63, 3.8) is 0 Å². The maximum Gasteiger partial charge on any atom is 0.207 e. The van der Waals surface area contributed by atoms with Crippen LogP contribution in [0.25, 0.3) is 22.3 Å². The number of aryl methyl sites for hydroxylation is 1. The summed E-state index contributed by atoms with van der Waals surface area (Å²) in [6, 6.07) is 27.2. The number of para-hydroxylation sites is 1. The maximum atomic E-state index is 4.65. The summed E-state index contributed by atoms with van der Waals surface area (Å²) in [5.74, 6) is 0.653. The first-order valence-electron chi connectivity index (χ1n) is 9.72. The normalized spacial score (nSPS) is 11.2. The molecule has 29 heavy (non-hydrogen) atoms. The van der Waals surface area contributed by atoms with Crippen LogP contribution in [-0.2, 0) is 13.1 Å². The molecular formula is C24H21N5. The molecule has 0 aliphatic heterocycles. The third-order valence-electron chi connectivity index (χ3n) is 5.12. The largest absolute Gasteiger partial charge is 0.342 e. The van der Waals surface area contributed by atoms with E-state index in [0.29, 0.717) is 12.4 Å². The molecule has 0 N–H and O–H groups in total. The third kappa shape index (κ3) is 3.55. The van der Waals surface area contributed by atoms with Crippen LogP contribution in [0, 0.1) is 6.92 Å². The van der Waals surface area contributed by atoms with E-state index in [0.717, 1.165) is 23.1 Å². The van der Waals surface area contributed by atoms with Gasteiger partial charge in [-0.25, -0.2) is 0 Å². The lowest BCUT2D eigenvalue weighted by Crippen LogP contribution is -2.03. The molecule has 0 fully saturated rings. The molecule has 0 spiro atoms. The predicted octanol–water partition coefficient (Wildman–Crippen LogP) is 4.70. The molecule has 5 rings (SSSR count). The van der Waals surface area contributed by atoms with E-state index in [1.165, 1.54) is 16.6 Å². The Balaban J connectivity index is 1.49. The smallest absolute Gasteiger partial charge is 0.207 e. The van der Waals surface area contributed by atoms with E-state index in [1.807, 2.05) is 6.07 Å². The summed E-state index contributed by atoms with van der Waals surface area (Å²) in [5, 5.41) is 14.4. The zero-order valence-corrected chi connectivity index (χ0v) is 16.2. The van der Waals surface area contributed by atoms with Crippen LogP contribution in [0.3, 0.4) is 0 Å². The van der Waals surface area contributed by atoms with Crippen molar-refractivity contribution in [2.24, 2.45) is 0 Å². The van der Waals surface area contributed by atoms with Gasteiger partial charge in [0.05, 0.1) is 6.54 Å². The van der Waals surface area contributed by atoms with Gasteiger partial charge in [0.25, 0.3) is 0 Å². The molecule has 0 saturated carbocycles. The Morgan fingerprint density at radius 2 is 1.48 bits per heavy atom. The van der Waals surface area contributed by atoms with E-state index in [1.54, 1.807) is 4.80 Å². The highest BCUT2D eigenvalue weighted by Gasteiger charge is 2.15. The Hall–Kier alpha value is -3.73. The first-order chi connectivity index (χ1) is 14.3. The highest BCUT2D eigenvalue weighted by Crippen LogP contribution is 2.28. The molecule has 2 heterocycles. The van der Waals surface area contributed by atoms with E-state index < -0.39 is 0 Å². The molecule has 0 aliphatic carbocycles. The van der Waals surface area contributed by atoms with E-state index in [4.69, 9.17) is 0 Å². The molecule has 0 amide bonds. The fourth-order valence-electron chi connectivity index (χ4n) is 3.61. The summed E-state index contributed by atoms with van der Waals surface area (Å²) in [4.78, 5) is 1.66. The second-order valence-corrected chi connectivity index (χ2v) is 7.30. The molecule has 142 valence electrons. The van der Waals surface area contributed by atoms with Crippen LogP contribution < -0.4 is 0 Å². The van der Waals surface area contributed by atoms with Crippen LogP contribution in [0.1, 0.15) is 16.7 Å². The van der Waals surface area contributed by atoms with Crippen molar-refractivity contribution in [2.45, 2.75) is 20.0 Å². The minimum Gasteiger partial charge on any atom is -0.342 e. The van der Waals surface area contributed by atoms with Gasteiger partial charge in [-0.3, -0.25) is 0 Å². The SMILES string of the molecule is Cc1ccc(Cn2nnc(-c3cn(Cc4ccccc4)c4ccccc34)n2)cc1. The molecule has 5 nitrogen and oxygen atoms in total. The molecule has 0 atom stereocenters. The Morgan fingerprint density at radius 3 is 2.31 bits per heavy atom. The van der Waals surface area contributed by atoms with Gasteiger partial charge in [-0.2, -0.15) is 4.80 Å². The number of hydrogen-bond donors (Lipinski definition) is 0. The van der Waals surface area contributed by atoms with Gasteiger partial charge >= 0.3 is 0 Å². The van der Waals surface area contributed by atoms with E-state index in [-0.39, 0.29) is 0 Å². The fraction of sp³-hybridized carbons (Fsp3) is 0.125. The summed E-state index contributed by atoms with van der Waals surface area (Å²) < 4.78 is 2.25. The molecule has 5 heteroatoms. The molecule has 0 radical (unpaired) electrons. The summed E-state index contributed by atoms with van der Waals surface area (Å²) in [6.07, 6.45) is 2.13. The van der Waals surface area contributed by atoms with Crippen LogP contribution in [-0.4, -0.2) is 24.8 Å². The average molecular weight is 379 g/mol. The van der Waals surface area contributed by atoms with Gasteiger partial charge in [-0.1, -0.05) is 78.4 Å². The minimum atomic E-state index is 0.607. The summed E-state index contributed by atoms with van der Waals surface area (Å²) in [7, 11) is 0. The van der Waals surface area contributed by atoms with Gasteiger partial charge in [0.1, 0.15) is 0 Å². The highest BCUT2D eigenvalue weighted by molar-refractivity contribution is 5.94. The lowest BCUT2D eigenvalue weighted by atomic mass is 10.1. The highest BCUT2D eigenvalue weighted by atomic mass is 15.6.